The summed E-state index contributed by atoms with van der Waals surface area (Å²) in [4.78, 5) is 0. The van der Waals surface area contributed by atoms with Gasteiger partial charge in [0.05, 0.1) is 12.7 Å². The quantitative estimate of drug-likeness (QED) is 0.896. The van der Waals surface area contributed by atoms with Crippen LogP contribution in [0, 0.1) is 11.3 Å². The van der Waals surface area contributed by atoms with Crippen molar-refractivity contribution in [2.24, 2.45) is 11.3 Å². The summed E-state index contributed by atoms with van der Waals surface area (Å²) in [5, 5.41) is 7.30. The zero-order valence-electron chi connectivity index (χ0n) is 13.5. The predicted octanol–water partition coefficient (Wildman–Crippen LogP) is 3.89. The van der Waals surface area contributed by atoms with Gasteiger partial charge in [-0.05, 0) is 23.8 Å². The van der Waals surface area contributed by atoms with Gasteiger partial charge in [0.2, 0.25) is 0 Å². The molecule has 0 aliphatic carbocycles. The number of ether oxygens (including phenoxy) is 1. The summed E-state index contributed by atoms with van der Waals surface area (Å²) in [6, 6.07) is 7.90. The average Bonchev–Trinajstić information content (AvgIpc) is 2.78. The molecule has 1 heterocycles. The fourth-order valence-electron chi connectivity index (χ4n) is 2.31. The molecule has 0 radical (unpaired) electrons. The maximum Gasteiger partial charge on any atom is 0.153 e. The predicted molar refractivity (Wildman–Crippen MR) is 87.3 cm³/mol. The molecule has 114 valence electrons. The van der Waals surface area contributed by atoms with Crippen molar-refractivity contribution in [2.75, 3.05) is 12.8 Å². The van der Waals surface area contributed by atoms with Crippen LogP contribution in [0.2, 0.25) is 0 Å². The summed E-state index contributed by atoms with van der Waals surface area (Å²) in [5.41, 5.74) is 9.34. The molecule has 21 heavy (non-hydrogen) atoms. The Balaban J connectivity index is 2.43. The SMILES string of the molecule is COc1ccccc1-c1c(N)n[nH]c1CC(C)C(C)(C)C. The van der Waals surface area contributed by atoms with Crippen molar-refractivity contribution < 1.29 is 4.74 Å². The van der Waals surface area contributed by atoms with Gasteiger partial charge in [-0.25, -0.2) is 0 Å². The van der Waals surface area contributed by atoms with Crippen molar-refractivity contribution >= 4 is 5.82 Å². The van der Waals surface area contributed by atoms with Crippen molar-refractivity contribution in [3.05, 3.63) is 30.0 Å². The summed E-state index contributed by atoms with van der Waals surface area (Å²) in [6.45, 7) is 9.00. The molecule has 1 aromatic carbocycles. The fourth-order valence-corrected chi connectivity index (χ4v) is 2.31. The lowest BCUT2D eigenvalue weighted by atomic mass is 9.79. The van der Waals surface area contributed by atoms with Gasteiger partial charge in [0.1, 0.15) is 5.75 Å². The number of anilines is 1. The molecule has 0 aliphatic heterocycles. The molecule has 0 saturated carbocycles. The molecule has 0 spiro atoms. The number of aromatic amines is 1. The van der Waals surface area contributed by atoms with E-state index in [0.717, 1.165) is 29.0 Å². The van der Waals surface area contributed by atoms with Crippen LogP contribution in [0.25, 0.3) is 11.1 Å². The van der Waals surface area contributed by atoms with E-state index < -0.39 is 0 Å². The number of benzene rings is 1. The maximum absolute atomic E-state index is 6.08. The molecule has 2 aromatic rings. The minimum atomic E-state index is 0.234. The van der Waals surface area contributed by atoms with Crippen LogP contribution in [-0.2, 0) is 6.42 Å². The Morgan fingerprint density at radius 3 is 2.57 bits per heavy atom. The van der Waals surface area contributed by atoms with Gasteiger partial charge in [0.15, 0.2) is 5.82 Å². The van der Waals surface area contributed by atoms with Gasteiger partial charge in [-0.3, -0.25) is 5.10 Å². The van der Waals surface area contributed by atoms with E-state index in [1.807, 2.05) is 24.3 Å². The minimum Gasteiger partial charge on any atom is -0.496 e. The number of nitrogens with one attached hydrogen (secondary N) is 1. The number of nitrogens with two attached hydrogens (primary N) is 1. The van der Waals surface area contributed by atoms with Crippen LogP contribution < -0.4 is 10.5 Å². The Morgan fingerprint density at radius 1 is 1.29 bits per heavy atom. The second-order valence-corrected chi connectivity index (χ2v) is 6.63. The van der Waals surface area contributed by atoms with Gasteiger partial charge in [-0.1, -0.05) is 45.9 Å². The lowest BCUT2D eigenvalue weighted by Gasteiger charge is -2.27. The average molecular weight is 287 g/mol. The highest BCUT2D eigenvalue weighted by Gasteiger charge is 2.24. The number of nitrogen functional groups attached to an aromatic ring is 1. The highest BCUT2D eigenvalue weighted by Crippen LogP contribution is 2.37. The second kappa shape index (κ2) is 5.80. The lowest BCUT2D eigenvalue weighted by molar-refractivity contribution is 0.258. The normalized spacial score (nSPS) is 13.2. The van der Waals surface area contributed by atoms with Gasteiger partial charge in [-0.2, -0.15) is 5.10 Å². The summed E-state index contributed by atoms with van der Waals surface area (Å²) in [6.07, 6.45) is 0.904. The van der Waals surface area contributed by atoms with Crippen LogP contribution in [0.5, 0.6) is 5.75 Å². The molecular formula is C17H25N3O. The third-order valence-electron chi connectivity index (χ3n) is 4.23. The van der Waals surface area contributed by atoms with Crippen molar-refractivity contribution in [1.29, 1.82) is 0 Å². The number of H-pyrrole nitrogens is 1. The van der Waals surface area contributed by atoms with Crippen LogP contribution in [-0.4, -0.2) is 17.3 Å². The zero-order valence-corrected chi connectivity index (χ0v) is 13.5. The summed E-state index contributed by atoms with van der Waals surface area (Å²) >= 11 is 0. The highest BCUT2D eigenvalue weighted by atomic mass is 16.5. The number of hydrogen-bond acceptors (Lipinski definition) is 3. The van der Waals surface area contributed by atoms with E-state index in [9.17, 15) is 0 Å². The first-order valence-corrected chi connectivity index (χ1v) is 7.30. The molecular weight excluding hydrogens is 262 g/mol. The third kappa shape index (κ3) is 3.20. The Morgan fingerprint density at radius 2 is 1.95 bits per heavy atom. The standard InChI is InChI=1S/C17H25N3O/c1-11(17(2,3)4)10-13-15(16(18)20-19-13)12-8-6-7-9-14(12)21-5/h6-9,11H,10H2,1-5H3,(H3,18,19,20). The van der Waals surface area contributed by atoms with Gasteiger partial charge >= 0.3 is 0 Å². The molecule has 0 saturated heterocycles. The van der Waals surface area contributed by atoms with Crippen LogP contribution in [0.3, 0.4) is 0 Å². The number of methoxy groups -OCH3 is 1. The molecule has 3 N–H and O–H groups in total. The highest BCUT2D eigenvalue weighted by molar-refractivity contribution is 5.80. The minimum absolute atomic E-state index is 0.234. The summed E-state index contributed by atoms with van der Waals surface area (Å²) in [7, 11) is 1.67. The molecule has 1 aromatic heterocycles. The van der Waals surface area contributed by atoms with Crippen LogP contribution in [0.1, 0.15) is 33.4 Å². The molecule has 1 unspecified atom stereocenters. The van der Waals surface area contributed by atoms with E-state index >= 15 is 0 Å². The van der Waals surface area contributed by atoms with E-state index in [4.69, 9.17) is 10.5 Å². The molecule has 0 bridgehead atoms. The Hall–Kier alpha value is -1.97. The van der Waals surface area contributed by atoms with Crippen LogP contribution in [0.15, 0.2) is 24.3 Å². The van der Waals surface area contributed by atoms with Gasteiger partial charge < -0.3 is 10.5 Å². The first-order valence-electron chi connectivity index (χ1n) is 7.30. The largest absolute Gasteiger partial charge is 0.496 e. The first kappa shape index (κ1) is 15.4. The Bertz CT molecular complexity index is 611. The molecule has 1 atom stereocenters. The number of hydrogen-bond donors (Lipinski definition) is 2. The lowest BCUT2D eigenvalue weighted by Crippen LogP contribution is -2.19. The van der Waals surface area contributed by atoms with Gasteiger partial charge in [0, 0.05) is 11.3 Å². The van der Waals surface area contributed by atoms with Gasteiger partial charge in [0.25, 0.3) is 0 Å². The van der Waals surface area contributed by atoms with E-state index in [0.29, 0.717) is 11.7 Å². The van der Waals surface area contributed by atoms with Crippen LogP contribution in [0.4, 0.5) is 5.82 Å². The first-order chi connectivity index (χ1) is 9.84. The Kier molecular flexibility index (Phi) is 4.26. The molecule has 2 rings (SSSR count). The van der Waals surface area contributed by atoms with E-state index in [1.54, 1.807) is 7.11 Å². The molecule has 4 nitrogen and oxygen atoms in total. The third-order valence-corrected chi connectivity index (χ3v) is 4.23. The summed E-state index contributed by atoms with van der Waals surface area (Å²) < 4.78 is 5.45. The van der Waals surface area contributed by atoms with E-state index in [2.05, 4.69) is 37.9 Å². The Labute approximate surface area is 126 Å². The fraction of sp³-hybridized carbons (Fsp3) is 0.471. The number of para-hydroxylation sites is 1. The van der Waals surface area contributed by atoms with Crippen molar-refractivity contribution in [2.45, 2.75) is 34.1 Å². The van der Waals surface area contributed by atoms with Gasteiger partial charge in [-0.15, -0.1) is 0 Å². The maximum atomic E-state index is 6.08. The van der Waals surface area contributed by atoms with Crippen molar-refractivity contribution in [3.63, 3.8) is 0 Å². The second-order valence-electron chi connectivity index (χ2n) is 6.63. The van der Waals surface area contributed by atoms with E-state index in [-0.39, 0.29) is 5.41 Å². The van der Waals surface area contributed by atoms with Crippen LogP contribution >= 0.6 is 0 Å². The number of rotatable bonds is 4. The number of nitrogens with zero attached hydrogens (tertiary/aromatic N) is 1. The van der Waals surface area contributed by atoms with E-state index in [1.165, 1.54) is 0 Å². The molecule has 0 fully saturated rings. The molecule has 0 aliphatic rings. The molecule has 0 amide bonds. The summed E-state index contributed by atoms with van der Waals surface area (Å²) in [5.74, 6) is 1.84. The van der Waals surface area contributed by atoms with Crippen molar-refractivity contribution in [1.82, 2.24) is 10.2 Å². The monoisotopic (exact) mass is 287 g/mol. The number of aromatic nitrogens is 2. The topological polar surface area (TPSA) is 63.9 Å². The molecule has 4 heteroatoms. The van der Waals surface area contributed by atoms with Crippen molar-refractivity contribution in [3.8, 4) is 16.9 Å². The zero-order chi connectivity index (χ0) is 15.6. The smallest absolute Gasteiger partial charge is 0.153 e.